The molecule has 33 heavy (non-hydrogen) atoms. The van der Waals surface area contributed by atoms with E-state index in [0.717, 1.165) is 6.20 Å². The lowest BCUT2D eigenvalue weighted by Crippen LogP contribution is -2.55. The number of nitrogens with one attached hydrogen (secondary N) is 1. The summed E-state index contributed by atoms with van der Waals surface area (Å²) in [5, 5.41) is 2.74. The van der Waals surface area contributed by atoms with E-state index < -0.39 is 29.0 Å². The standard InChI is InChI=1S/C23H17F4N3O3/c24-15-5-7-16(8-6-15)30-21(32)22(11-33-12-22)14-3-1-13(2-4-14)18-10-29-19(23(25,26)27)9-17(18)20(28)31/h1-10H,11-12H2,(H2,28,31)(H,30,32). The molecule has 0 radical (unpaired) electrons. The molecule has 0 unspecified atom stereocenters. The van der Waals surface area contributed by atoms with Gasteiger partial charge in [-0.2, -0.15) is 13.2 Å². The number of carbonyl (C=O) groups excluding carboxylic acids is 2. The summed E-state index contributed by atoms with van der Waals surface area (Å²) in [6, 6.07) is 12.3. The molecule has 6 nitrogen and oxygen atoms in total. The molecule has 2 heterocycles. The van der Waals surface area contributed by atoms with Crippen molar-refractivity contribution in [2.75, 3.05) is 18.5 Å². The van der Waals surface area contributed by atoms with Gasteiger partial charge in [-0.15, -0.1) is 0 Å². The van der Waals surface area contributed by atoms with Gasteiger partial charge in [-0.3, -0.25) is 14.6 Å². The molecule has 10 heteroatoms. The maximum Gasteiger partial charge on any atom is 0.433 e. The Labute approximate surface area is 185 Å². The zero-order chi connectivity index (χ0) is 23.8. The Kier molecular flexibility index (Phi) is 5.62. The highest BCUT2D eigenvalue weighted by molar-refractivity contribution is 6.01. The number of halogens is 4. The molecule has 1 fully saturated rings. The second-order valence-corrected chi connectivity index (χ2v) is 7.59. The molecule has 0 bridgehead atoms. The first-order chi connectivity index (χ1) is 15.6. The SMILES string of the molecule is NC(=O)c1cc(C(F)(F)F)ncc1-c1ccc(C2(C(=O)Nc3ccc(F)cc3)COC2)cc1. The molecule has 0 atom stereocenters. The van der Waals surface area contributed by atoms with E-state index in [1.807, 2.05) is 0 Å². The highest BCUT2D eigenvalue weighted by Gasteiger charge is 2.47. The summed E-state index contributed by atoms with van der Waals surface area (Å²) in [5.41, 5.74) is 4.33. The summed E-state index contributed by atoms with van der Waals surface area (Å²) in [5.74, 6) is -1.80. The Hall–Kier alpha value is -3.79. The van der Waals surface area contributed by atoms with Gasteiger partial charge >= 0.3 is 6.18 Å². The highest BCUT2D eigenvalue weighted by Crippen LogP contribution is 2.36. The van der Waals surface area contributed by atoms with Crippen molar-refractivity contribution in [3.05, 3.63) is 83.4 Å². The van der Waals surface area contributed by atoms with Crippen LogP contribution in [0.4, 0.5) is 23.2 Å². The third kappa shape index (κ3) is 4.29. The average Bonchev–Trinajstić information content (AvgIpc) is 2.74. The molecule has 2 aromatic carbocycles. The number of nitrogens with two attached hydrogens (primary N) is 1. The molecule has 3 aromatic rings. The highest BCUT2D eigenvalue weighted by atomic mass is 19.4. The summed E-state index contributed by atoms with van der Waals surface area (Å²) in [4.78, 5) is 28.1. The van der Waals surface area contributed by atoms with Gasteiger partial charge in [0.15, 0.2) is 0 Å². The van der Waals surface area contributed by atoms with E-state index in [4.69, 9.17) is 10.5 Å². The zero-order valence-corrected chi connectivity index (χ0v) is 16.9. The van der Waals surface area contributed by atoms with Gasteiger partial charge in [0.2, 0.25) is 11.8 Å². The molecular formula is C23H17F4N3O3. The van der Waals surface area contributed by atoms with Gasteiger partial charge < -0.3 is 15.8 Å². The molecular weight excluding hydrogens is 442 g/mol. The molecule has 0 aliphatic carbocycles. The van der Waals surface area contributed by atoms with Crippen molar-refractivity contribution in [1.29, 1.82) is 0 Å². The van der Waals surface area contributed by atoms with E-state index in [1.54, 1.807) is 24.3 Å². The first-order valence-electron chi connectivity index (χ1n) is 9.73. The van der Waals surface area contributed by atoms with E-state index >= 15 is 0 Å². The molecule has 1 saturated heterocycles. The van der Waals surface area contributed by atoms with Crippen LogP contribution in [-0.4, -0.2) is 30.0 Å². The third-order valence-corrected chi connectivity index (χ3v) is 5.44. The molecule has 0 saturated carbocycles. The largest absolute Gasteiger partial charge is 0.433 e. The van der Waals surface area contributed by atoms with Gasteiger partial charge in [-0.1, -0.05) is 24.3 Å². The van der Waals surface area contributed by atoms with Crippen molar-refractivity contribution in [3.8, 4) is 11.1 Å². The number of aromatic nitrogens is 1. The lowest BCUT2D eigenvalue weighted by Gasteiger charge is -2.40. The molecule has 1 aliphatic rings. The summed E-state index contributed by atoms with van der Waals surface area (Å²) < 4.78 is 57.3. The number of alkyl halides is 3. The minimum atomic E-state index is -4.72. The predicted octanol–water partition coefficient (Wildman–Crippen LogP) is 3.91. The Morgan fingerprint density at radius 1 is 1.03 bits per heavy atom. The fourth-order valence-electron chi connectivity index (χ4n) is 3.53. The molecule has 1 aliphatic heterocycles. The Bertz CT molecular complexity index is 1210. The van der Waals surface area contributed by atoms with Gasteiger partial charge in [-0.05, 0) is 41.5 Å². The summed E-state index contributed by atoms with van der Waals surface area (Å²) in [6.45, 7) is 0.238. The minimum absolute atomic E-state index is 0.119. The van der Waals surface area contributed by atoms with Crippen LogP contribution in [0.15, 0.2) is 60.8 Å². The number of nitrogens with zero attached hydrogens (tertiary/aromatic N) is 1. The number of amides is 2. The molecule has 3 N–H and O–H groups in total. The Morgan fingerprint density at radius 2 is 1.67 bits per heavy atom. The van der Waals surface area contributed by atoms with Gasteiger partial charge in [0.05, 0.1) is 18.8 Å². The van der Waals surface area contributed by atoms with Crippen molar-refractivity contribution in [2.24, 2.45) is 5.73 Å². The fraction of sp³-hybridized carbons (Fsp3) is 0.174. The lowest BCUT2D eigenvalue weighted by molar-refractivity contribution is -0.141. The smallest absolute Gasteiger partial charge is 0.378 e. The Balaban J connectivity index is 1.63. The first-order valence-corrected chi connectivity index (χ1v) is 9.73. The molecule has 1 aromatic heterocycles. The topological polar surface area (TPSA) is 94.3 Å². The zero-order valence-electron chi connectivity index (χ0n) is 16.9. The first kappa shape index (κ1) is 22.4. The minimum Gasteiger partial charge on any atom is -0.378 e. The lowest BCUT2D eigenvalue weighted by atomic mass is 9.77. The van der Waals surface area contributed by atoms with Crippen molar-refractivity contribution < 1.29 is 31.9 Å². The summed E-state index contributed by atoms with van der Waals surface area (Å²) in [6.07, 6.45) is -3.78. The molecule has 4 rings (SSSR count). The van der Waals surface area contributed by atoms with Gasteiger partial charge in [0, 0.05) is 17.4 Å². The maximum atomic E-state index is 13.1. The van der Waals surface area contributed by atoms with Crippen LogP contribution < -0.4 is 11.1 Å². The maximum absolute atomic E-state index is 13.1. The summed E-state index contributed by atoms with van der Waals surface area (Å²) >= 11 is 0. The van der Waals surface area contributed by atoms with Crippen molar-refractivity contribution >= 4 is 17.5 Å². The van der Waals surface area contributed by atoms with Crippen LogP contribution in [0.25, 0.3) is 11.1 Å². The quantitative estimate of drug-likeness (QED) is 0.566. The number of carbonyl (C=O) groups is 2. The molecule has 0 spiro atoms. The number of anilines is 1. The number of primary amides is 1. The summed E-state index contributed by atoms with van der Waals surface area (Å²) in [7, 11) is 0. The van der Waals surface area contributed by atoms with Crippen molar-refractivity contribution in [2.45, 2.75) is 11.6 Å². The monoisotopic (exact) mass is 459 g/mol. The second-order valence-electron chi connectivity index (χ2n) is 7.59. The number of benzene rings is 2. The predicted molar refractivity (Wildman–Crippen MR) is 111 cm³/mol. The van der Waals surface area contributed by atoms with Crippen molar-refractivity contribution in [3.63, 3.8) is 0 Å². The number of hydrogen-bond acceptors (Lipinski definition) is 4. The van der Waals surface area contributed by atoms with E-state index in [9.17, 15) is 27.2 Å². The average molecular weight is 459 g/mol. The van der Waals surface area contributed by atoms with Crippen LogP contribution in [0.1, 0.15) is 21.6 Å². The molecule has 170 valence electrons. The number of ether oxygens (including phenoxy) is 1. The van der Waals surface area contributed by atoms with E-state index in [0.29, 0.717) is 22.9 Å². The van der Waals surface area contributed by atoms with E-state index in [2.05, 4.69) is 10.3 Å². The second kappa shape index (κ2) is 8.28. The fourth-order valence-corrected chi connectivity index (χ4v) is 3.53. The number of rotatable bonds is 5. The van der Waals surface area contributed by atoms with Crippen LogP contribution in [0.2, 0.25) is 0 Å². The van der Waals surface area contributed by atoms with Crippen LogP contribution in [0.5, 0.6) is 0 Å². The van der Waals surface area contributed by atoms with Crippen LogP contribution in [0, 0.1) is 5.82 Å². The van der Waals surface area contributed by atoms with Crippen LogP contribution >= 0.6 is 0 Å². The third-order valence-electron chi connectivity index (χ3n) is 5.44. The van der Waals surface area contributed by atoms with Crippen LogP contribution in [0.3, 0.4) is 0 Å². The van der Waals surface area contributed by atoms with E-state index in [1.165, 1.54) is 24.3 Å². The normalized spacial score (nSPS) is 14.9. The molecule has 2 amide bonds. The van der Waals surface area contributed by atoms with Gasteiger partial charge in [0.25, 0.3) is 0 Å². The van der Waals surface area contributed by atoms with Gasteiger partial charge in [0.1, 0.15) is 16.9 Å². The number of hydrogen-bond donors (Lipinski definition) is 2. The van der Waals surface area contributed by atoms with E-state index in [-0.39, 0.29) is 30.2 Å². The van der Waals surface area contributed by atoms with Crippen molar-refractivity contribution in [1.82, 2.24) is 4.98 Å². The van der Waals surface area contributed by atoms with Gasteiger partial charge in [-0.25, -0.2) is 4.39 Å². The number of pyridine rings is 1. The Morgan fingerprint density at radius 3 is 2.18 bits per heavy atom. The van der Waals surface area contributed by atoms with Crippen LogP contribution in [-0.2, 0) is 21.1 Å².